The van der Waals surface area contributed by atoms with Crippen molar-refractivity contribution in [3.05, 3.63) is 70.0 Å². The second-order valence-electron chi connectivity index (χ2n) is 3.97. The first kappa shape index (κ1) is 14.6. The van der Waals surface area contributed by atoms with Gasteiger partial charge in [-0.15, -0.1) is 0 Å². The quantitative estimate of drug-likeness (QED) is 0.812. The Morgan fingerprint density at radius 1 is 1.10 bits per heavy atom. The molecule has 0 saturated heterocycles. The molecule has 0 aromatic heterocycles. The molecule has 0 unspecified atom stereocenters. The lowest BCUT2D eigenvalue weighted by molar-refractivity contribution is -0.111. The van der Waals surface area contributed by atoms with E-state index in [4.69, 9.17) is 23.2 Å². The average Bonchev–Trinajstić information content (AvgIpc) is 2.38. The molecule has 0 aliphatic carbocycles. The van der Waals surface area contributed by atoms with Gasteiger partial charge in [-0.2, -0.15) is 0 Å². The van der Waals surface area contributed by atoms with Crippen molar-refractivity contribution < 1.29 is 9.18 Å². The molecule has 0 fully saturated rings. The summed E-state index contributed by atoms with van der Waals surface area (Å²) in [5, 5.41) is 3.44. The van der Waals surface area contributed by atoms with Crippen LogP contribution in [-0.4, -0.2) is 5.91 Å². The van der Waals surface area contributed by atoms with Crippen LogP contribution in [0.1, 0.15) is 5.56 Å². The Morgan fingerprint density at radius 3 is 2.40 bits per heavy atom. The van der Waals surface area contributed by atoms with Crippen molar-refractivity contribution in [3.8, 4) is 0 Å². The van der Waals surface area contributed by atoms with Crippen molar-refractivity contribution in [3.63, 3.8) is 0 Å². The minimum atomic E-state index is -0.416. The molecule has 0 aliphatic heterocycles. The highest BCUT2D eigenvalue weighted by Gasteiger charge is 2.03. The summed E-state index contributed by atoms with van der Waals surface area (Å²) < 4.78 is 13.0. The van der Waals surface area contributed by atoms with Crippen LogP contribution in [0.3, 0.4) is 0 Å². The number of nitrogens with one attached hydrogen (secondary N) is 1. The first-order valence-corrected chi connectivity index (χ1v) is 6.50. The van der Waals surface area contributed by atoms with Crippen LogP contribution in [0, 0.1) is 5.82 Å². The van der Waals surface area contributed by atoms with Gasteiger partial charge in [-0.05, 0) is 36.4 Å². The fraction of sp³-hybridized carbons (Fsp3) is 0. The van der Waals surface area contributed by atoms with Crippen LogP contribution in [-0.2, 0) is 4.79 Å². The van der Waals surface area contributed by atoms with Crippen molar-refractivity contribution in [2.75, 3.05) is 5.32 Å². The normalized spacial score (nSPS) is 10.8. The highest BCUT2D eigenvalue weighted by atomic mass is 35.5. The third kappa shape index (κ3) is 3.83. The molecule has 102 valence electrons. The largest absolute Gasteiger partial charge is 0.322 e. The number of carbonyl (C=O) groups is 1. The van der Waals surface area contributed by atoms with Crippen molar-refractivity contribution in [2.45, 2.75) is 0 Å². The van der Waals surface area contributed by atoms with Gasteiger partial charge in [0.15, 0.2) is 0 Å². The van der Waals surface area contributed by atoms with Crippen LogP contribution in [0.4, 0.5) is 10.1 Å². The van der Waals surface area contributed by atoms with E-state index in [0.717, 1.165) is 0 Å². The van der Waals surface area contributed by atoms with Gasteiger partial charge < -0.3 is 5.32 Å². The Hall–Kier alpha value is -1.84. The molecule has 2 nitrogen and oxygen atoms in total. The monoisotopic (exact) mass is 309 g/mol. The number of hydrogen-bond donors (Lipinski definition) is 1. The number of halogens is 3. The second kappa shape index (κ2) is 6.55. The maximum atomic E-state index is 13.0. The SMILES string of the molecule is O=C(C=Cc1c(Cl)cccc1Cl)Nc1cccc(F)c1. The number of hydrogen-bond acceptors (Lipinski definition) is 1. The van der Waals surface area contributed by atoms with E-state index in [1.165, 1.54) is 30.4 Å². The first-order valence-electron chi connectivity index (χ1n) is 5.75. The molecule has 0 bridgehead atoms. The van der Waals surface area contributed by atoms with Crippen molar-refractivity contribution in [2.24, 2.45) is 0 Å². The van der Waals surface area contributed by atoms with Crippen LogP contribution >= 0.6 is 23.2 Å². The topological polar surface area (TPSA) is 29.1 Å². The molecule has 20 heavy (non-hydrogen) atoms. The molecular weight excluding hydrogens is 300 g/mol. The van der Waals surface area contributed by atoms with E-state index in [1.54, 1.807) is 24.3 Å². The van der Waals surface area contributed by atoms with Crippen LogP contribution in [0.5, 0.6) is 0 Å². The average molecular weight is 310 g/mol. The molecule has 0 atom stereocenters. The lowest BCUT2D eigenvalue weighted by atomic mass is 10.2. The summed E-state index contributed by atoms with van der Waals surface area (Å²) in [6.07, 6.45) is 2.80. The molecule has 0 spiro atoms. The third-order valence-electron chi connectivity index (χ3n) is 2.49. The third-order valence-corrected chi connectivity index (χ3v) is 3.15. The van der Waals surface area contributed by atoms with Gasteiger partial charge in [-0.1, -0.05) is 35.3 Å². The molecule has 0 saturated carbocycles. The Balaban J connectivity index is 2.10. The minimum absolute atomic E-state index is 0.380. The summed E-state index contributed by atoms with van der Waals surface area (Å²) in [6, 6.07) is 10.7. The van der Waals surface area contributed by atoms with Crippen LogP contribution in [0.15, 0.2) is 48.5 Å². The van der Waals surface area contributed by atoms with E-state index in [0.29, 0.717) is 21.3 Å². The molecule has 2 aromatic carbocycles. The standard InChI is InChI=1S/C15H10Cl2FNO/c16-13-5-2-6-14(17)12(13)7-8-15(20)19-11-4-1-3-10(18)9-11/h1-9H,(H,19,20). The number of carbonyl (C=O) groups excluding carboxylic acids is 1. The lowest BCUT2D eigenvalue weighted by Crippen LogP contribution is -2.07. The predicted molar refractivity (Wildman–Crippen MR) is 80.5 cm³/mol. The number of rotatable bonds is 3. The maximum Gasteiger partial charge on any atom is 0.248 e. The Labute approximate surface area is 125 Å². The van der Waals surface area contributed by atoms with Crippen LogP contribution in [0.2, 0.25) is 10.0 Å². The summed E-state index contributed by atoms with van der Waals surface area (Å²) in [4.78, 5) is 11.7. The molecule has 1 N–H and O–H groups in total. The van der Waals surface area contributed by atoms with Gasteiger partial charge >= 0.3 is 0 Å². The van der Waals surface area contributed by atoms with E-state index in [-0.39, 0.29) is 0 Å². The zero-order valence-corrected chi connectivity index (χ0v) is 11.8. The Morgan fingerprint density at radius 2 is 1.75 bits per heavy atom. The Kier molecular flexibility index (Phi) is 4.77. The van der Waals surface area contributed by atoms with Gasteiger partial charge in [0.25, 0.3) is 0 Å². The molecule has 0 radical (unpaired) electrons. The molecule has 2 aromatic rings. The summed E-state index contributed by atoms with van der Waals surface area (Å²) in [5.74, 6) is -0.812. The maximum absolute atomic E-state index is 13.0. The van der Waals surface area contributed by atoms with E-state index < -0.39 is 11.7 Å². The van der Waals surface area contributed by atoms with Crippen molar-refractivity contribution >= 4 is 40.9 Å². The second-order valence-corrected chi connectivity index (χ2v) is 4.78. The van der Waals surface area contributed by atoms with E-state index in [2.05, 4.69) is 5.32 Å². The molecule has 5 heteroatoms. The van der Waals surface area contributed by atoms with Gasteiger partial charge in [0.05, 0.1) is 0 Å². The van der Waals surface area contributed by atoms with Gasteiger partial charge in [-0.25, -0.2) is 4.39 Å². The molecule has 2 rings (SSSR count). The lowest BCUT2D eigenvalue weighted by Gasteiger charge is -2.03. The van der Waals surface area contributed by atoms with Crippen LogP contribution < -0.4 is 5.32 Å². The minimum Gasteiger partial charge on any atom is -0.322 e. The molecule has 1 amide bonds. The highest BCUT2D eigenvalue weighted by Crippen LogP contribution is 2.25. The first-order chi connectivity index (χ1) is 9.56. The molecular formula is C15H10Cl2FNO. The summed E-state index contributed by atoms with van der Waals surface area (Å²) >= 11 is 12.0. The Bertz CT molecular complexity index is 650. The van der Waals surface area contributed by atoms with Crippen molar-refractivity contribution in [1.82, 2.24) is 0 Å². The highest BCUT2D eigenvalue weighted by molar-refractivity contribution is 6.37. The number of amides is 1. The van der Waals surface area contributed by atoms with Gasteiger partial charge in [0.1, 0.15) is 5.82 Å². The van der Waals surface area contributed by atoms with Crippen LogP contribution in [0.25, 0.3) is 6.08 Å². The number of benzene rings is 2. The summed E-state index contributed by atoms with van der Waals surface area (Å²) in [6.45, 7) is 0. The zero-order valence-electron chi connectivity index (χ0n) is 10.2. The summed E-state index contributed by atoms with van der Waals surface area (Å²) in [7, 11) is 0. The molecule has 0 heterocycles. The molecule has 0 aliphatic rings. The number of anilines is 1. The van der Waals surface area contributed by atoms with E-state index in [1.807, 2.05) is 0 Å². The zero-order chi connectivity index (χ0) is 14.5. The van der Waals surface area contributed by atoms with Crippen molar-refractivity contribution in [1.29, 1.82) is 0 Å². The van der Waals surface area contributed by atoms with Gasteiger partial charge in [0.2, 0.25) is 5.91 Å². The smallest absolute Gasteiger partial charge is 0.248 e. The predicted octanol–water partition coefficient (Wildman–Crippen LogP) is 4.78. The van der Waals surface area contributed by atoms with Gasteiger partial charge in [-0.3, -0.25) is 4.79 Å². The fourth-order valence-electron chi connectivity index (χ4n) is 1.58. The van der Waals surface area contributed by atoms with E-state index >= 15 is 0 Å². The summed E-state index contributed by atoms with van der Waals surface area (Å²) in [5.41, 5.74) is 0.940. The van der Waals surface area contributed by atoms with Gasteiger partial charge in [0, 0.05) is 27.4 Å². The van der Waals surface area contributed by atoms with E-state index in [9.17, 15) is 9.18 Å². The fourth-order valence-corrected chi connectivity index (χ4v) is 2.10.